The number of imidazole rings is 1. The number of aromatic carboxylic acids is 1. The number of nitrogens with zero attached hydrogens (tertiary/aromatic N) is 3. The number of carboxylic acid groups (broad SMARTS) is 1. The Kier molecular flexibility index (Phi) is 2.68. The van der Waals surface area contributed by atoms with Crippen molar-refractivity contribution in [3.63, 3.8) is 0 Å². The quantitative estimate of drug-likeness (QED) is 0.794. The van der Waals surface area contributed by atoms with Crippen LogP contribution in [0, 0.1) is 0 Å². The highest BCUT2D eigenvalue weighted by molar-refractivity contribution is 7.12. The number of thiophene rings is 1. The van der Waals surface area contributed by atoms with Crippen LogP contribution in [-0.2, 0) is 7.05 Å². The van der Waals surface area contributed by atoms with Gasteiger partial charge in [-0.2, -0.15) is 0 Å². The molecule has 0 unspecified atom stereocenters. The maximum atomic E-state index is 10.8. The molecule has 1 N–H and O–H groups in total. The van der Waals surface area contributed by atoms with E-state index >= 15 is 0 Å². The van der Waals surface area contributed by atoms with E-state index < -0.39 is 5.97 Å². The zero-order valence-electron chi connectivity index (χ0n) is 9.90. The van der Waals surface area contributed by atoms with E-state index in [2.05, 4.69) is 9.97 Å². The van der Waals surface area contributed by atoms with Gasteiger partial charge >= 0.3 is 5.97 Å². The molecule has 0 bridgehead atoms. The van der Waals surface area contributed by atoms with Gasteiger partial charge in [-0.3, -0.25) is 0 Å². The normalized spacial score (nSPS) is 10.8. The third kappa shape index (κ3) is 2.04. The van der Waals surface area contributed by atoms with Crippen molar-refractivity contribution in [1.82, 2.24) is 14.5 Å². The zero-order valence-corrected chi connectivity index (χ0v) is 10.7. The van der Waals surface area contributed by atoms with Crippen molar-refractivity contribution in [3.8, 4) is 11.6 Å². The molecule has 3 aromatic rings. The molecule has 0 aliphatic heterocycles. The summed E-state index contributed by atoms with van der Waals surface area (Å²) in [5, 5.41) is 10.5. The molecule has 0 radical (unpaired) electrons. The first-order valence-corrected chi connectivity index (χ1v) is 6.29. The molecule has 0 saturated heterocycles. The highest BCUT2D eigenvalue weighted by Crippen LogP contribution is 2.29. The predicted octanol–water partition coefficient (Wildman–Crippen LogP) is 2.52. The number of hydrogen-bond acceptors (Lipinski definition) is 5. The molecule has 0 fully saturated rings. The van der Waals surface area contributed by atoms with Crippen LogP contribution in [0.2, 0.25) is 0 Å². The average Bonchev–Trinajstić information content (AvgIpc) is 2.98. The van der Waals surface area contributed by atoms with Crippen molar-refractivity contribution in [2.45, 2.75) is 0 Å². The molecule has 0 amide bonds. The third-order valence-corrected chi connectivity index (χ3v) is 3.51. The van der Waals surface area contributed by atoms with Gasteiger partial charge in [-0.15, -0.1) is 11.3 Å². The molecule has 0 aliphatic rings. The van der Waals surface area contributed by atoms with Gasteiger partial charge in [0, 0.05) is 24.7 Å². The number of ether oxygens (including phenoxy) is 1. The van der Waals surface area contributed by atoms with E-state index in [0.29, 0.717) is 17.1 Å². The number of aromatic nitrogens is 3. The maximum absolute atomic E-state index is 10.8. The van der Waals surface area contributed by atoms with Crippen LogP contribution < -0.4 is 4.74 Å². The van der Waals surface area contributed by atoms with Crippen LogP contribution in [0.3, 0.4) is 0 Å². The van der Waals surface area contributed by atoms with Crippen LogP contribution >= 0.6 is 11.3 Å². The standard InChI is InChI=1S/C12H9N3O3S/c1-15-6-14-10-8(15)2-3-13-11(10)18-7-4-9(12(16)17)19-5-7/h2-6H,1H3,(H,16,17). The summed E-state index contributed by atoms with van der Waals surface area (Å²) < 4.78 is 7.46. The molecule has 7 heteroatoms. The first-order chi connectivity index (χ1) is 9.15. The second-order valence-electron chi connectivity index (χ2n) is 3.89. The largest absolute Gasteiger partial charge is 0.477 e. The molecule has 0 aliphatic carbocycles. The van der Waals surface area contributed by atoms with Gasteiger partial charge in [-0.25, -0.2) is 14.8 Å². The second kappa shape index (κ2) is 4.36. The summed E-state index contributed by atoms with van der Waals surface area (Å²) in [4.78, 5) is 19.4. The van der Waals surface area contributed by atoms with Crippen molar-refractivity contribution in [2.75, 3.05) is 0 Å². The van der Waals surface area contributed by atoms with Gasteiger partial charge in [0.25, 0.3) is 0 Å². The summed E-state index contributed by atoms with van der Waals surface area (Å²) in [5.41, 5.74) is 1.55. The predicted molar refractivity (Wildman–Crippen MR) is 69.9 cm³/mol. The second-order valence-corrected chi connectivity index (χ2v) is 4.80. The van der Waals surface area contributed by atoms with Gasteiger partial charge in [0.1, 0.15) is 10.6 Å². The summed E-state index contributed by atoms with van der Waals surface area (Å²) >= 11 is 1.11. The SMILES string of the molecule is Cn1cnc2c(Oc3csc(C(=O)O)c3)nccc21. The number of carbonyl (C=O) groups is 1. The van der Waals surface area contributed by atoms with E-state index in [0.717, 1.165) is 16.9 Å². The van der Waals surface area contributed by atoms with Crippen LogP contribution in [0.15, 0.2) is 30.0 Å². The minimum absolute atomic E-state index is 0.225. The highest BCUT2D eigenvalue weighted by Gasteiger charge is 2.12. The molecule has 19 heavy (non-hydrogen) atoms. The zero-order chi connectivity index (χ0) is 13.4. The van der Waals surface area contributed by atoms with Crippen molar-refractivity contribution in [3.05, 3.63) is 34.9 Å². The lowest BCUT2D eigenvalue weighted by atomic mass is 10.4. The fraction of sp³-hybridized carbons (Fsp3) is 0.0833. The summed E-state index contributed by atoms with van der Waals surface area (Å²) in [5.74, 6) is -0.148. The molecule has 0 spiro atoms. The molecule has 3 aromatic heterocycles. The third-order valence-electron chi connectivity index (χ3n) is 2.61. The Morgan fingerprint density at radius 1 is 1.47 bits per heavy atom. The lowest BCUT2D eigenvalue weighted by molar-refractivity contribution is 0.0702. The Bertz CT molecular complexity index is 763. The van der Waals surface area contributed by atoms with E-state index in [4.69, 9.17) is 9.84 Å². The van der Waals surface area contributed by atoms with E-state index in [1.807, 2.05) is 17.7 Å². The number of pyridine rings is 1. The molecular formula is C12H9N3O3S. The van der Waals surface area contributed by atoms with Crippen LogP contribution in [-0.4, -0.2) is 25.6 Å². The van der Waals surface area contributed by atoms with Gasteiger partial charge in [0.2, 0.25) is 5.88 Å². The van der Waals surface area contributed by atoms with Gasteiger partial charge in [-0.05, 0) is 6.07 Å². The molecule has 0 atom stereocenters. The van der Waals surface area contributed by atoms with Gasteiger partial charge < -0.3 is 14.4 Å². The number of fused-ring (bicyclic) bond motifs is 1. The van der Waals surface area contributed by atoms with Gasteiger partial charge in [-0.1, -0.05) is 0 Å². The molecule has 0 saturated carbocycles. The highest BCUT2D eigenvalue weighted by atomic mass is 32.1. The van der Waals surface area contributed by atoms with Gasteiger partial charge in [0.15, 0.2) is 5.52 Å². The Morgan fingerprint density at radius 3 is 3.05 bits per heavy atom. The summed E-state index contributed by atoms with van der Waals surface area (Å²) in [6.45, 7) is 0. The molecule has 3 heterocycles. The van der Waals surface area contributed by atoms with Crippen molar-refractivity contribution < 1.29 is 14.6 Å². The van der Waals surface area contributed by atoms with Crippen molar-refractivity contribution >= 4 is 28.3 Å². The van der Waals surface area contributed by atoms with E-state index in [9.17, 15) is 4.79 Å². The fourth-order valence-corrected chi connectivity index (χ4v) is 2.35. The monoisotopic (exact) mass is 275 g/mol. The minimum Gasteiger partial charge on any atom is -0.477 e. The van der Waals surface area contributed by atoms with Crippen molar-refractivity contribution in [1.29, 1.82) is 0 Å². The maximum Gasteiger partial charge on any atom is 0.346 e. The molecular weight excluding hydrogens is 266 g/mol. The topological polar surface area (TPSA) is 77.2 Å². The summed E-state index contributed by atoms with van der Waals surface area (Å²) in [6, 6.07) is 3.31. The lowest BCUT2D eigenvalue weighted by Gasteiger charge is -2.02. The fourth-order valence-electron chi connectivity index (χ4n) is 1.71. The van der Waals surface area contributed by atoms with Crippen LogP contribution in [0.1, 0.15) is 9.67 Å². The smallest absolute Gasteiger partial charge is 0.346 e. The Hall–Kier alpha value is -2.41. The number of aryl methyl sites for hydroxylation is 1. The van der Waals surface area contributed by atoms with E-state index in [1.54, 1.807) is 17.9 Å². The minimum atomic E-state index is -0.969. The number of hydrogen-bond donors (Lipinski definition) is 1. The number of carboxylic acids is 1. The number of rotatable bonds is 3. The first-order valence-electron chi connectivity index (χ1n) is 5.41. The molecule has 0 aromatic carbocycles. The summed E-state index contributed by atoms with van der Waals surface area (Å²) in [6.07, 6.45) is 3.30. The average molecular weight is 275 g/mol. The summed E-state index contributed by atoms with van der Waals surface area (Å²) in [7, 11) is 1.88. The van der Waals surface area contributed by atoms with Crippen LogP contribution in [0.4, 0.5) is 0 Å². The van der Waals surface area contributed by atoms with E-state index in [-0.39, 0.29) is 4.88 Å². The van der Waals surface area contributed by atoms with Gasteiger partial charge in [0.05, 0.1) is 11.8 Å². The lowest BCUT2D eigenvalue weighted by Crippen LogP contribution is -1.91. The van der Waals surface area contributed by atoms with E-state index in [1.165, 1.54) is 6.07 Å². The first kappa shape index (κ1) is 11.7. The molecule has 96 valence electrons. The van der Waals surface area contributed by atoms with Crippen LogP contribution in [0.25, 0.3) is 11.0 Å². The Labute approximate surface area is 111 Å². The van der Waals surface area contributed by atoms with Crippen molar-refractivity contribution in [2.24, 2.45) is 7.05 Å². The Morgan fingerprint density at radius 2 is 2.32 bits per heavy atom. The Balaban J connectivity index is 1.98. The van der Waals surface area contributed by atoms with Crippen LogP contribution in [0.5, 0.6) is 11.6 Å². The molecule has 6 nitrogen and oxygen atoms in total. The molecule has 3 rings (SSSR count).